The third-order valence-corrected chi connectivity index (χ3v) is 3.80. The number of carbonyl (C=O) groups excluding carboxylic acids is 2. The van der Waals surface area contributed by atoms with Crippen molar-refractivity contribution >= 4 is 11.8 Å². The van der Waals surface area contributed by atoms with Crippen molar-refractivity contribution in [2.45, 2.75) is 19.5 Å². The van der Waals surface area contributed by atoms with Crippen LogP contribution < -0.4 is 15.4 Å². The van der Waals surface area contributed by atoms with E-state index in [9.17, 15) is 14.0 Å². The Hall–Kier alpha value is -3.68. The monoisotopic (exact) mass is 383 g/mol. The van der Waals surface area contributed by atoms with E-state index in [1.165, 1.54) is 36.7 Å². The molecule has 2 amide bonds. The quantitative estimate of drug-likeness (QED) is 0.654. The van der Waals surface area contributed by atoms with E-state index < -0.39 is 17.8 Å². The molecule has 0 aliphatic carbocycles. The standard InChI is InChI=1S/C20H18FN3O4/c1-13(24-19(26)17-8-4-10-27-17)18(25)23-12-14-5-3-9-22-20(14)28-16-7-2-6-15(21)11-16/h2-11,13H,12H2,1H3,(H,23,25)(H,24,26)/t13-/m1/s1. The van der Waals surface area contributed by atoms with E-state index in [1.807, 2.05) is 0 Å². The summed E-state index contributed by atoms with van der Waals surface area (Å²) in [6.07, 6.45) is 2.91. The third-order valence-electron chi connectivity index (χ3n) is 3.80. The van der Waals surface area contributed by atoms with Gasteiger partial charge in [0, 0.05) is 24.4 Å². The molecule has 144 valence electrons. The van der Waals surface area contributed by atoms with Crippen LogP contribution in [-0.4, -0.2) is 22.8 Å². The molecule has 8 heteroatoms. The summed E-state index contributed by atoms with van der Waals surface area (Å²) < 4.78 is 23.9. The number of carbonyl (C=O) groups is 2. The SMILES string of the molecule is C[C@@H](NC(=O)c1ccco1)C(=O)NCc1cccnc1Oc1cccc(F)c1. The number of ether oxygens (including phenoxy) is 1. The predicted octanol–water partition coefficient (Wildman–Crippen LogP) is 3.04. The second-order valence-electron chi connectivity index (χ2n) is 5.92. The van der Waals surface area contributed by atoms with E-state index in [1.54, 1.807) is 31.2 Å². The number of aromatic nitrogens is 1. The molecule has 0 bridgehead atoms. The van der Waals surface area contributed by atoms with Gasteiger partial charge in [-0.1, -0.05) is 12.1 Å². The van der Waals surface area contributed by atoms with Crippen molar-refractivity contribution in [3.8, 4) is 11.6 Å². The minimum absolute atomic E-state index is 0.123. The molecule has 0 saturated heterocycles. The van der Waals surface area contributed by atoms with E-state index in [-0.39, 0.29) is 24.1 Å². The van der Waals surface area contributed by atoms with Crippen LogP contribution in [0.5, 0.6) is 11.6 Å². The second kappa shape index (κ2) is 8.81. The minimum Gasteiger partial charge on any atom is -0.459 e. The zero-order valence-corrected chi connectivity index (χ0v) is 15.0. The Labute approximate surface area is 160 Å². The number of rotatable bonds is 7. The second-order valence-corrected chi connectivity index (χ2v) is 5.92. The topological polar surface area (TPSA) is 93.5 Å². The average molecular weight is 383 g/mol. The zero-order chi connectivity index (χ0) is 19.9. The van der Waals surface area contributed by atoms with Crippen molar-refractivity contribution in [1.29, 1.82) is 0 Å². The zero-order valence-electron chi connectivity index (χ0n) is 15.0. The van der Waals surface area contributed by atoms with Crippen molar-refractivity contribution in [2.75, 3.05) is 0 Å². The van der Waals surface area contributed by atoms with Crippen LogP contribution in [0.4, 0.5) is 4.39 Å². The van der Waals surface area contributed by atoms with Gasteiger partial charge in [-0.2, -0.15) is 0 Å². The van der Waals surface area contributed by atoms with Gasteiger partial charge < -0.3 is 19.8 Å². The maximum atomic E-state index is 13.3. The third kappa shape index (κ3) is 4.94. The van der Waals surface area contributed by atoms with Crippen molar-refractivity contribution in [3.63, 3.8) is 0 Å². The molecular formula is C20H18FN3O4. The van der Waals surface area contributed by atoms with Crippen LogP contribution in [0, 0.1) is 5.82 Å². The number of hydrogen-bond acceptors (Lipinski definition) is 5. The Morgan fingerprint density at radius 1 is 1.21 bits per heavy atom. The van der Waals surface area contributed by atoms with E-state index >= 15 is 0 Å². The average Bonchev–Trinajstić information content (AvgIpc) is 3.22. The first-order valence-electron chi connectivity index (χ1n) is 8.52. The molecule has 2 N–H and O–H groups in total. The lowest BCUT2D eigenvalue weighted by atomic mass is 10.2. The first kappa shape index (κ1) is 19.1. The maximum Gasteiger partial charge on any atom is 0.287 e. The first-order valence-corrected chi connectivity index (χ1v) is 8.52. The summed E-state index contributed by atoms with van der Waals surface area (Å²) in [6, 6.07) is 11.4. The van der Waals surface area contributed by atoms with Gasteiger partial charge in [-0.3, -0.25) is 9.59 Å². The summed E-state index contributed by atoms with van der Waals surface area (Å²) >= 11 is 0. The lowest BCUT2D eigenvalue weighted by Crippen LogP contribution is -2.44. The molecule has 0 spiro atoms. The number of halogens is 1. The molecule has 28 heavy (non-hydrogen) atoms. The van der Waals surface area contributed by atoms with Gasteiger partial charge in [0.05, 0.1) is 6.26 Å². The molecule has 3 aromatic rings. The smallest absolute Gasteiger partial charge is 0.287 e. The molecule has 0 saturated carbocycles. The molecule has 3 rings (SSSR count). The Balaban J connectivity index is 1.59. The van der Waals surface area contributed by atoms with Gasteiger partial charge in [-0.15, -0.1) is 0 Å². The Morgan fingerprint density at radius 2 is 2.07 bits per heavy atom. The fraction of sp³-hybridized carbons (Fsp3) is 0.150. The Kier molecular flexibility index (Phi) is 6.01. The van der Waals surface area contributed by atoms with Crippen molar-refractivity contribution in [3.05, 3.63) is 78.1 Å². The predicted molar refractivity (Wildman–Crippen MR) is 98.2 cm³/mol. The maximum absolute atomic E-state index is 13.3. The van der Waals surface area contributed by atoms with Crippen LogP contribution in [-0.2, 0) is 11.3 Å². The number of nitrogens with one attached hydrogen (secondary N) is 2. The van der Waals surface area contributed by atoms with Gasteiger partial charge in [0.15, 0.2) is 5.76 Å². The summed E-state index contributed by atoms with van der Waals surface area (Å²) in [5.74, 6) is -0.627. The number of pyridine rings is 1. The molecular weight excluding hydrogens is 365 g/mol. The van der Waals surface area contributed by atoms with Crippen LogP contribution in [0.15, 0.2) is 65.4 Å². The van der Waals surface area contributed by atoms with Gasteiger partial charge in [0.2, 0.25) is 11.8 Å². The lowest BCUT2D eigenvalue weighted by molar-refractivity contribution is -0.122. The van der Waals surface area contributed by atoms with Gasteiger partial charge in [0.25, 0.3) is 5.91 Å². The molecule has 1 aromatic carbocycles. The summed E-state index contributed by atoms with van der Waals surface area (Å²) in [6.45, 7) is 1.68. The fourth-order valence-electron chi connectivity index (χ4n) is 2.37. The molecule has 2 aromatic heterocycles. The fourth-order valence-corrected chi connectivity index (χ4v) is 2.37. The van der Waals surface area contributed by atoms with Crippen LogP contribution in [0.2, 0.25) is 0 Å². The largest absolute Gasteiger partial charge is 0.459 e. The van der Waals surface area contributed by atoms with Gasteiger partial charge in [-0.25, -0.2) is 9.37 Å². The summed E-state index contributed by atoms with van der Waals surface area (Å²) in [5.41, 5.74) is 0.602. The van der Waals surface area contributed by atoms with Crippen molar-refractivity contribution in [2.24, 2.45) is 0 Å². The highest BCUT2D eigenvalue weighted by molar-refractivity contribution is 5.95. The molecule has 0 radical (unpaired) electrons. The van der Waals surface area contributed by atoms with Crippen LogP contribution in [0.3, 0.4) is 0 Å². The van der Waals surface area contributed by atoms with Gasteiger partial charge in [0.1, 0.15) is 17.6 Å². The summed E-state index contributed by atoms with van der Waals surface area (Å²) in [4.78, 5) is 28.3. The van der Waals surface area contributed by atoms with Crippen molar-refractivity contribution < 1.29 is 23.1 Å². The number of amides is 2. The Morgan fingerprint density at radius 3 is 2.82 bits per heavy atom. The number of benzene rings is 1. The first-order chi connectivity index (χ1) is 13.5. The van der Waals surface area contributed by atoms with Gasteiger partial charge >= 0.3 is 0 Å². The summed E-state index contributed by atoms with van der Waals surface area (Å²) in [5, 5.41) is 5.25. The molecule has 0 fully saturated rings. The molecule has 2 heterocycles. The van der Waals surface area contributed by atoms with E-state index in [0.717, 1.165) is 0 Å². The van der Waals surface area contributed by atoms with Gasteiger partial charge in [-0.05, 0) is 37.3 Å². The van der Waals surface area contributed by atoms with E-state index in [0.29, 0.717) is 11.3 Å². The van der Waals surface area contributed by atoms with Crippen LogP contribution in [0.1, 0.15) is 23.0 Å². The highest BCUT2D eigenvalue weighted by Crippen LogP contribution is 2.23. The molecule has 0 unspecified atom stereocenters. The molecule has 1 atom stereocenters. The molecule has 7 nitrogen and oxygen atoms in total. The van der Waals surface area contributed by atoms with Crippen LogP contribution >= 0.6 is 0 Å². The highest BCUT2D eigenvalue weighted by atomic mass is 19.1. The minimum atomic E-state index is -0.776. The van der Waals surface area contributed by atoms with Crippen molar-refractivity contribution in [1.82, 2.24) is 15.6 Å². The molecule has 0 aliphatic heterocycles. The highest BCUT2D eigenvalue weighted by Gasteiger charge is 2.18. The number of hydrogen-bond donors (Lipinski definition) is 2. The van der Waals surface area contributed by atoms with Crippen LogP contribution in [0.25, 0.3) is 0 Å². The number of nitrogens with zero attached hydrogens (tertiary/aromatic N) is 1. The normalized spacial score (nSPS) is 11.5. The lowest BCUT2D eigenvalue weighted by Gasteiger charge is -2.14. The summed E-state index contributed by atoms with van der Waals surface area (Å²) in [7, 11) is 0. The number of furan rings is 1. The molecule has 0 aliphatic rings. The van der Waals surface area contributed by atoms with E-state index in [4.69, 9.17) is 9.15 Å². The Bertz CT molecular complexity index is 960. The van der Waals surface area contributed by atoms with E-state index in [2.05, 4.69) is 15.6 Å².